The highest BCUT2D eigenvalue weighted by Crippen LogP contribution is 2.77. The van der Waals surface area contributed by atoms with Crippen LogP contribution in [0.15, 0.2) is 36.4 Å². The molecule has 1 aromatic carbocycles. The Morgan fingerprint density at radius 2 is 1.48 bits per heavy atom. The lowest BCUT2D eigenvalue weighted by molar-refractivity contribution is -0.246. The fourth-order valence-corrected chi connectivity index (χ4v) is 13.8. The molecule has 5 saturated carbocycles. The number of carboxylic acid groups (broad SMARTS) is 1. The van der Waals surface area contributed by atoms with E-state index in [0.717, 1.165) is 70.6 Å². The molecule has 0 spiro atoms. The van der Waals surface area contributed by atoms with Crippen molar-refractivity contribution in [3.8, 4) is 0 Å². The third-order valence-electron chi connectivity index (χ3n) is 16.8. The van der Waals surface area contributed by atoms with Gasteiger partial charge in [-0.3, -0.25) is 9.59 Å². The van der Waals surface area contributed by atoms with Crippen molar-refractivity contribution in [1.82, 2.24) is 5.32 Å². The molecule has 10 atom stereocenters. The molecule has 2 amide bonds. The van der Waals surface area contributed by atoms with Crippen LogP contribution in [-0.4, -0.2) is 40.6 Å². The number of benzene rings is 1. The van der Waals surface area contributed by atoms with Crippen LogP contribution in [-0.2, 0) is 9.59 Å². The van der Waals surface area contributed by atoms with Crippen molar-refractivity contribution >= 4 is 23.5 Å². The molecule has 0 aromatic heterocycles. The molecule has 6 rings (SSSR count). The first-order chi connectivity index (χ1) is 24.5. The number of amides is 2. The minimum atomic E-state index is -0.983. The van der Waals surface area contributed by atoms with Gasteiger partial charge in [-0.05, 0) is 159 Å². The summed E-state index contributed by atoms with van der Waals surface area (Å²) in [6, 6.07) is 6.23. The SMILES string of the molecule is C=C(C)[C@@H]1CC[C@]2(C(=O)NCCCCCCCC(=O)Nc3ccc(C(=O)O)cc3)CC[C@]3(C)[C@H](CCC4[C@@]5(C)CC[C@H](O)C(C)(C)[C@@H]5CC[C@]43C)[C@@H]12. The van der Waals surface area contributed by atoms with E-state index in [4.69, 9.17) is 5.11 Å². The Labute approximate surface area is 313 Å². The predicted octanol–water partition coefficient (Wildman–Crippen LogP) is 9.80. The molecule has 0 radical (unpaired) electrons. The molecule has 5 aliphatic carbocycles. The number of aromatic carboxylic acids is 1. The van der Waals surface area contributed by atoms with Crippen LogP contribution in [0.4, 0.5) is 5.69 Å². The maximum Gasteiger partial charge on any atom is 0.335 e. The zero-order chi connectivity index (χ0) is 37.7. The third kappa shape index (κ3) is 6.47. The largest absolute Gasteiger partial charge is 0.478 e. The van der Waals surface area contributed by atoms with E-state index < -0.39 is 5.97 Å². The maximum absolute atomic E-state index is 14.4. The van der Waals surface area contributed by atoms with Crippen LogP contribution in [0.25, 0.3) is 0 Å². The molecule has 4 N–H and O–H groups in total. The van der Waals surface area contributed by atoms with Crippen molar-refractivity contribution in [3.63, 3.8) is 0 Å². The summed E-state index contributed by atoms with van der Waals surface area (Å²) in [5, 5.41) is 26.4. The maximum atomic E-state index is 14.4. The molecule has 7 heteroatoms. The summed E-state index contributed by atoms with van der Waals surface area (Å²) in [6.45, 7) is 20.0. The molecule has 0 saturated heterocycles. The van der Waals surface area contributed by atoms with Crippen LogP contribution in [0.3, 0.4) is 0 Å². The van der Waals surface area contributed by atoms with Crippen molar-refractivity contribution in [2.45, 2.75) is 150 Å². The van der Waals surface area contributed by atoms with Crippen molar-refractivity contribution in [2.75, 3.05) is 11.9 Å². The van der Waals surface area contributed by atoms with Gasteiger partial charge in [0, 0.05) is 18.7 Å². The topological polar surface area (TPSA) is 116 Å². The lowest BCUT2D eigenvalue weighted by atomic mass is 9.32. The van der Waals surface area contributed by atoms with Gasteiger partial charge >= 0.3 is 5.97 Å². The Morgan fingerprint density at radius 3 is 2.17 bits per heavy atom. The standard InChI is InChI=1S/C45H68N2O5/c1-29(2)32-20-25-45(40(52)46-28-12-10-8-9-11-13-37(49)47-31-16-14-30(15-17-31)39(50)51)27-26-43(6)33(38(32)45)18-19-35-42(5)23-22-36(48)41(3,4)34(42)21-24-44(35,43)7/h14-17,32-36,38,48H,1,8-13,18-28H2,2-7H3,(H,46,52)(H,47,49)(H,50,51)/t32-,33+,34-,35?,36-,38+,42-,43+,44+,45-/m0/s1. The zero-order valence-corrected chi connectivity index (χ0v) is 33.1. The molecular weight excluding hydrogens is 649 g/mol. The summed E-state index contributed by atoms with van der Waals surface area (Å²) in [5.74, 6) is 1.77. The van der Waals surface area contributed by atoms with Gasteiger partial charge < -0.3 is 20.8 Å². The van der Waals surface area contributed by atoms with Gasteiger partial charge in [0.2, 0.25) is 11.8 Å². The summed E-state index contributed by atoms with van der Waals surface area (Å²) < 4.78 is 0. The number of aliphatic hydroxyl groups excluding tert-OH is 1. The van der Waals surface area contributed by atoms with Crippen molar-refractivity contribution < 1.29 is 24.6 Å². The van der Waals surface area contributed by atoms with Gasteiger partial charge in [-0.15, -0.1) is 0 Å². The predicted molar refractivity (Wildman–Crippen MR) is 208 cm³/mol. The summed E-state index contributed by atoms with van der Waals surface area (Å²) >= 11 is 0. The average Bonchev–Trinajstić information content (AvgIpc) is 3.50. The number of unbranched alkanes of at least 4 members (excludes halogenated alkanes) is 4. The van der Waals surface area contributed by atoms with Gasteiger partial charge in [0.05, 0.1) is 17.1 Å². The fourth-order valence-electron chi connectivity index (χ4n) is 13.8. The van der Waals surface area contributed by atoms with Crippen molar-refractivity contribution in [2.24, 2.45) is 56.7 Å². The minimum absolute atomic E-state index is 0.0420. The van der Waals surface area contributed by atoms with Gasteiger partial charge in [-0.2, -0.15) is 0 Å². The molecular formula is C45H68N2O5. The van der Waals surface area contributed by atoms with E-state index in [2.05, 4.69) is 58.8 Å². The molecule has 0 heterocycles. The highest BCUT2D eigenvalue weighted by molar-refractivity contribution is 5.92. The highest BCUT2D eigenvalue weighted by atomic mass is 16.4. The molecule has 7 nitrogen and oxygen atoms in total. The van der Waals surface area contributed by atoms with Gasteiger partial charge in [0.1, 0.15) is 0 Å². The molecule has 0 aliphatic heterocycles. The number of allylic oxidation sites excluding steroid dienone is 1. The summed E-state index contributed by atoms with van der Waals surface area (Å²) in [4.78, 5) is 37.8. The lowest BCUT2D eigenvalue weighted by Gasteiger charge is -2.72. The van der Waals surface area contributed by atoms with E-state index in [0.29, 0.717) is 54.1 Å². The molecule has 1 unspecified atom stereocenters. The lowest BCUT2D eigenvalue weighted by Crippen LogP contribution is -2.67. The quantitative estimate of drug-likeness (QED) is 0.127. The monoisotopic (exact) mass is 717 g/mol. The van der Waals surface area contributed by atoms with Crippen LogP contribution in [0.2, 0.25) is 0 Å². The molecule has 52 heavy (non-hydrogen) atoms. The van der Waals surface area contributed by atoms with Crippen molar-refractivity contribution in [3.05, 3.63) is 42.0 Å². The first-order valence-corrected chi connectivity index (χ1v) is 20.8. The minimum Gasteiger partial charge on any atom is -0.478 e. The molecule has 0 bridgehead atoms. The Balaban J connectivity index is 1.03. The second-order valence-electron chi connectivity index (χ2n) is 19.4. The van der Waals surface area contributed by atoms with E-state index in [9.17, 15) is 19.5 Å². The van der Waals surface area contributed by atoms with Crippen LogP contribution in [0, 0.1) is 56.7 Å². The number of carbonyl (C=O) groups is 3. The number of hydrogen-bond donors (Lipinski definition) is 4. The van der Waals surface area contributed by atoms with Crippen LogP contribution in [0.5, 0.6) is 0 Å². The third-order valence-corrected chi connectivity index (χ3v) is 16.8. The average molecular weight is 717 g/mol. The normalized spacial score (nSPS) is 38.9. The van der Waals surface area contributed by atoms with Crippen molar-refractivity contribution in [1.29, 1.82) is 0 Å². The number of hydrogen-bond acceptors (Lipinski definition) is 4. The number of anilines is 1. The number of fused-ring (bicyclic) bond motifs is 7. The summed E-state index contributed by atoms with van der Waals surface area (Å²) in [5.41, 5.74) is 2.42. The first kappa shape index (κ1) is 39.0. The zero-order valence-electron chi connectivity index (χ0n) is 33.1. The van der Waals surface area contributed by atoms with E-state index in [1.54, 1.807) is 12.1 Å². The summed E-state index contributed by atoms with van der Waals surface area (Å²) in [6.07, 6.45) is 16.1. The van der Waals surface area contributed by atoms with E-state index in [1.165, 1.54) is 43.4 Å². The highest BCUT2D eigenvalue weighted by Gasteiger charge is 2.71. The first-order valence-electron chi connectivity index (χ1n) is 20.8. The van der Waals surface area contributed by atoms with E-state index in [1.807, 2.05) is 0 Å². The Bertz CT molecular complexity index is 1520. The van der Waals surface area contributed by atoms with Crippen LogP contribution in [0.1, 0.15) is 155 Å². The number of carboxylic acids is 1. The Kier molecular flexibility index (Phi) is 10.9. The van der Waals surface area contributed by atoms with E-state index >= 15 is 0 Å². The molecule has 1 aromatic rings. The number of aliphatic hydroxyl groups is 1. The Hall–Kier alpha value is -2.67. The molecule has 288 valence electrons. The number of carbonyl (C=O) groups excluding carboxylic acids is 2. The second-order valence-corrected chi connectivity index (χ2v) is 19.4. The van der Waals surface area contributed by atoms with Gasteiger partial charge in [0.15, 0.2) is 0 Å². The van der Waals surface area contributed by atoms with Crippen LogP contribution < -0.4 is 10.6 Å². The number of rotatable bonds is 12. The smallest absolute Gasteiger partial charge is 0.335 e. The van der Waals surface area contributed by atoms with Gasteiger partial charge in [-0.25, -0.2) is 4.79 Å². The van der Waals surface area contributed by atoms with Gasteiger partial charge in [0.25, 0.3) is 0 Å². The summed E-state index contributed by atoms with van der Waals surface area (Å²) in [7, 11) is 0. The number of nitrogens with one attached hydrogen (secondary N) is 2. The van der Waals surface area contributed by atoms with E-state index in [-0.39, 0.29) is 44.6 Å². The van der Waals surface area contributed by atoms with Gasteiger partial charge in [-0.1, -0.05) is 66.0 Å². The second kappa shape index (κ2) is 14.5. The molecule has 5 fully saturated rings. The molecule has 5 aliphatic rings. The Morgan fingerprint density at radius 1 is 0.788 bits per heavy atom. The fraction of sp³-hybridized carbons (Fsp3) is 0.756. The van der Waals surface area contributed by atoms with Crippen LogP contribution >= 0.6 is 0 Å².